The van der Waals surface area contributed by atoms with Crippen molar-refractivity contribution < 1.29 is 40.2 Å². The number of carbonyl (C=O) groups is 2. The molecule has 234 valence electrons. The molecule has 0 fully saturated rings. The lowest BCUT2D eigenvalue weighted by molar-refractivity contribution is -0.313. The monoisotopic (exact) mass is 584 g/mol. The van der Waals surface area contributed by atoms with E-state index in [0.29, 0.717) is 33.4 Å². The second-order valence-corrected chi connectivity index (χ2v) is 13.9. The maximum absolute atomic E-state index is 11.9. The Hall–Kier alpha value is -3.10. The van der Waals surface area contributed by atoms with Gasteiger partial charge in [0.15, 0.2) is 0 Å². The summed E-state index contributed by atoms with van der Waals surface area (Å²) >= 11 is 0. The van der Waals surface area contributed by atoms with Crippen molar-refractivity contribution in [3.8, 4) is 11.5 Å². The molecular formula is C34H48O8-2. The summed E-state index contributed by atoms with van der Waals surface area (Å²) in [6, 6.07) is 7.04. The largest absolute Gasteiger partial charge is 0.550 e. The number of rotatable bonds is 13. The highest BCUT2D eigenvalue weighted by atomic mass is 16.4. The van der Waals surface area contributed by atoms with Crippen LogP contribution in [0.5, 0.6) is 11.5 Å². The number of hydrogen-bond acceptors (Lipinski definition) is 8. The van der Waals surface area contributed by atoms with Gasteiger partial charge in [0.1, 0.15) is 11.5 Å². The predicted octanol–water partition coefficient (Wildman–Crippen LogP) is 3.11. The Balaban J connectivity index is 2.04. The molecular weight excluding hydrogens is 536 g/mol. The quantitative estimate of drug-likeness (QED) is 0.279. The Morgan fingerprint density at radius 2 is 0.976 bits per heavy atom. The minimum atomic E-state index is -1.30. The first kappa shape index (κ1) is 35.1. The topological polar surface area (TPSA) is 161 Å². The van der Waals surface area contributed by atoms with Crippen molar-refractivity contribution in [3.05, 3.63) is 57.6 Å². The smallest absolute Gasteiger partial charge is 0.122 e. The fourth-order valence-corrected chi connectivity index (χ4v) is 5.46. The van der Waals surface area contributed by atoms with Gasteiger partial charge >= 0.3 is 0 Å². The van der Waals surface area contributed by atoms with Crippen molar-refractivity contribution in [2.75, 3.05) is 0 Å². The minimum absolute atomic E-state index is 0.0824. The van der Waals surface area contributed by atoms with E-state index in [4.69, 9.17) is 0 Å². The molecule has 42 heavy (non-hydrogen) atoms. The predicted molar refractivity (Wildman–Crippen MR) is 158 cm³/mol. The summed E-state index contributed by atoms with van der Waals surface area (Å²) in [6.07, 6.45) is -1.88. The molecule has 0 heterocycles. The van der Waals surface area contributed by atoms with Crippen molar-refractivity contribution in [2.24, 2.45) is 11.8 Å². The number of hydrogen-bond donors (Lipinski definition) is 4. The van der Waals surface area contributed by atoms with Gasteiger partial charge in [-0.15, -0.1) is 0 Å². The number of carboxylic acid groups (broad SMARTS) is 2. The maximum Gasteiger partial charge on any atom is 0.122 e. The SMILES string of the molecule is Cc1cc(CC(CC(O)CCC(O)CC(Cc2cc(C)c(O)c(C(C)(C)C)c2)C(=O)[O-])C(=O)[O-])cc(C(C)(C)C)c1O. The first-order chi connectivity index (χ1) is 19.2. The minimum Gasteiger partial charge on any atom is -0.550 e. The lowest BCUT2D eigenvalue weighted by Gasteiger charge is -2.26. The highest BCUT2D eigenvalue weighted by Crippen LogP contribution is 2.36. The van der Waals surface area contributed by atoms with Gasteiger partial charge in [-0.2, -0.15) is 0 Å². The molecule has 4 N–H and O–H groups in total. The number of aliphatic carboxylic acids is 2. The van der Waals surface area contributed by atoms with Gasteiger partial charge in [0, 0.05) is 23.8 Å². The van der Waals surface area contributed by atoms with Crippen LogP contribution in [-0.2, 0) is 33.3 Å². The van der Waals surface area contributed by atoms with Crippen LogP contribution in [-0.4, -0.2) is 44.6 Å². The van der Waals surface area contributed by atoms with Gasteiger partial charge in [-0.1, -0.05) is 65.8 Å². The third-order valence-electron chi connectivity index (χ3n) is 7.91. The molecule has 0 spiro atoms. The second kappa shape index (κ2) is 13.9. The number of benzene rings is 2. The highest BCUT2D eigenvalue weighted by molar-refractivity contribution is 5.69. The van der Waals surface area contributed by atoms with Crippen LogP contribution in [0.2, 0.25) is 0 Å². The van der Waals surface area contributed by atoms with Crippen molar-refractivity contribution in [1.82, 2.24) is 0 Å². The van der Waals surface area contributed by atoms with E-state index in [1.807, 2.05) is 41.5 Å². The maximum atomic E-state index is 11.9. The third kappa shape index (κ3) is 9.73. The molecule has 2 aromatic carbocycles. The zero-order chi connectivity index (χ0) is 32.2. The zero-order valence-corrected chi connectivity index (χ0v) is 26.3. The average molecular weight is 585 g/mol. The van der Waals surface area contributed by atoms with Crippen LogP contribution in [0, 0.1) is 25.7 Å². The first-order valence-corrected chi connectivity index (χ1v) is 14.6. The van der Waals surface area contributed by atoms with Crippen LogP contribution in [0.25, 0.3) is 0 Å². The fraction of sp³-hybridized carbons (Fsp3) is 0.588. The molecule has 8 nitrogen and oxygen atoms in total. The van der Waals surface area contributed by atoms with Crippen molar-refractivity contribution in [2.45, 2.75) is 117 Å². The summed E-state index contributed by atoms with van der Waals surface area (Å²) in [7, 11) is 0. The number of aliphatic hydroxyl groups is 2. The molecule has 0 bridgehead atoms. The fourth-order valence-electron chi connectivity index (χ4n) is 5.46. The van der Waals surface area contributed by atoms with E-state index in [1.165, 1.54) is 0 Å². The second-order valence-electron chi connectivity index (χ2n) is 13.9. The van der Waals surface area contributed by atoms with Crippen LogP contribution >= 0.6 is 0 Å². The third-order valence-corrected chi connectivity index (χ3v) is 7.91. The van der Waals surface area contributed by atoms with E-state index in [9.17, 15) is 40.2 Å². The molecule has 0 aromatic heterocycles. The molecule has 4 unspecified atom stereocenters. The Labute approximate surface area is 250 Å². The summed E-state index contributed by atoms with van der Waals surface area (Å²) in [5.74, 6) is -4.22. The number of aromatic hydroxyl groups is 2. The standard InChI is InChI=1S/C34H50O8/c1-19-11-21(15-27(29(19)37)33(3,4)5)13-23(31(39)40)17-25(35)9-10-26(36)18-24(32(41)42)14-22-12-20(2)30(38)28(16-22)34(6,7)8/h11-12,15-16,23-26,35-38H,9-10,13-14,17-18H2,1-8H3,(H,39,40)(H,41,42)/p-2. The number of aliphatic hydroxyl groups excluding tert-OH is 2. The number of phenolic OH excluding ortho intramolecular Hbond substituents is 2. The lowest BCUT2D eigenvalue weighted by atomic mass is 9.82. The van der Waals surface area contributed by atoms with Crippen molar-refractivity contribution in [3.63, 3.8) is 0 Å². The van der Waals surface area contributed by atoms with Gasteiger partial charge in [-0.05, 0) is 96.6 Å². The van der Waals surface area contributed by atoms with Crippen molar-refractivity contribution >= 4 is 11.9 Å². The van der Waals surface area contributed by atoms with E-state index in [1.54, 1.807) is 38.1 Å². The summed E-state index contributed by atoms with van der Waals surface area (Å²) in [6.45, 7) is 15.2. The number of phenols is 2. The highest BCUT2D eigenvalue weighted by Gasteiger charge is 2.25. The van der Waals surface area contributed by atoms with Gasteiger partial charge in [0.05, 0.1) is 12.2 Å². The van der Waals surface area contributed by atoms with E-state index >= 15 is 0 Å². The van der Waals surface area contributed by atoms with Gasteiger partial charge in [-0.25, -0.2) is 0 Å². The Morgan fingerprint density at radius 1 is 0.667 bits per heavy atom. The van der Waals surface area contributed by atoms with Gasteiger partial charge < -0.3 is 40.2 Å². The molecule has 4 atom stereocenters. The Bertz CT molecular complexity index is 1150. The van der Waals surface area contributed by atoms with Crippen LogP contribution < -0.4 is 10.2 Å². The summed E-state index contributed by atoms with van der Waals surface area (Å²) in [4.78, 5) is 23.9. The van der Waals surface area contributed by atoms with E-state index in [0.717, 1.165) is 0 Å². The Kier molecular flexibility index (Phi) is 11.6. The molecule has 0 amide bonds. The number of aryl methyl sites for hydroxylation is 2. The average Bonchev–Trinajstić information content (AvgIpc) is 2.84. The first-order valence-electron chi connectivity index (χ1n) is 14.6. The molecule has 0 saturated carbocycles. The summed E-state index contributed by atoms with van der Waals surface area (Å²) < 4.78 is 0. The Morgan fingerprint density at radius 3 is 1.24 bits per heavy atom. The molecule has 2 rings (SSSR count). The molecule has 0 aliphatic heterocycles. The molecule has 0 saturated heterocycles. The van der Waals surface area contributed by atoms with Gasteiger partial charge in [-0.3, -0.25) is 0 Å². The van der Waals surface area contributed by atoms with Crippen molar-refractivity contribution in [1.29, 1.82) is 0 Å². The molecule has 2 aromatic rings. The molecule has 0 aliphatic carbocycles. The lowest BCUT2D eigenvalue weighted by Crippen LogP contribution is -2.36. The van der Waals surface area contributed by atoms with Gasteiger partial charge in [0.25, 0.3) is 0 Å². The summed E-state index contributed by atoms with van der Waals surface area (Å²) in [5.41, 5.74) is 3.42. The zero-order valence-electron chi connectivity index (χ0n) is 26.3. The van der Waals surface area contributed by atoms with Crippen LogP contribution in [0.4, 0.5) is 0 Å². The van der Waals surface area contributed by atoms with Crippen LogP contribution in [0.3, 0.4) is 0 Å². The molecule has 0 aliphatic rings. The van der Waals surface area contributed by atoms with Crippen LogP contribution in [0.1, 0.15) is 101 Å². The van der Waals surface area contributed by atoms with Crippen LogP contribution in [0.15, 0.2) is 24.3 Å². The number of carbonyl (C=O) groups excluding carboxylic acids is 2. The molecule has 8 heteroatoms. The summed E-state index contributed by atoms with van der Waals surface area (Å²) in [5, 5.41) is 66.0. The number of carboxylic acids is 2. The van der Waals surface area contributed by atoms with E-state index < -0.39 is 36.0 Å². The van der Waals surface area contributed by atoms with E-state index in [-0.39, 0.29) is 60.9 Å². The normalized spacial score (nSPS) is 15.2. The van der Waals surface area contributed by atoms with E-state index in [2.05, 4.69) is 0 Å². The van der Waals surface area contributed by atoms with Gasteiger partial charge in [0.2, 0.25) is 0 Å². The molecule has 0 radical (unpaired) electrons.